The number of pyridine rings is 1. The van der Waals surface area contributed by atoms with Crippen LogP contribution < -0.4 is 5.32 Å². The summed E-state index contributed by atoms with van der Waals surface area (Å²) in [6.45, 7) is 4.93. The maximum absolute atomic E-state index is 12.8. The number of alkyl halides is 3. The van der Waals surface area contributed by atoms with Crippen molar-refractivity contribution in [3.05, 3.63) is 52.3 Å². The van der Waals surface area contributed by atoms with Crippen molar-refractivity contribution in [2.75, 3.05) is 5.32 Å². The van der Waals surface area contributed by atoms with Gasteiger partial charge in [0.25, 0.3) is 5.91 Å². The summed E-state index contributed by atoms with van der Waals surface area (Å²) in [7, 11) is 0. The Morgan fingerprint density at radius 1 is 1.19 bits per heavy atom. The Kier molecular flexibility index (Phi) is 4.69. The second-order valence-electron chi connectivity index (χ2n) is 6.52. The second-order valence-corrected chi connectivity index (χ2v) is 7.75. The van der Waals surface area contributed by atoms with Gasteiger partial charge in [0.05, 0.1) is 20.8 Å². The van der Waals surface area contributed by atoms with Gasteiger partial charge in [0.1, 0.15) is 11.4 Å². The number of nitrogens with one attached hydrogen (secondary N) is 1. The maximum Gasteiger partial charge on any atom is 0.433 e. The van der Waals surface area contributed by atoms with Crippen LogP contribution in [0, 0.1) is 6.92 Å². The number of aryl methyl sites for hydroxylation is 1. The summed E-state index contributed by atoms with van der Waals surface area (Å²) in [5.74, 6) is -0.799. The van der Waals surface area contributed by atoms with Gasteiger partial charge in [-0.25, -0.2) is 9.97 Å². The summed E-state index contributed by atoms with van der Waals surface area (Å²) >= 11 is 1.41. The standard InChI is InChI=1S/C18H16F3N3O2S/c1-9-22-13-7-10(17(2,3)26)12(8-14(13)27-9)24-16(25)11-5-4-6-15(23-11)18(19,20)21/h4-8,26H,1-3H3,(H,24,25). The topological polar surface area (TPSA) is 75.1 Å². The first kappa shape index (κ1) is 19.2. The van der Waals surface area contributed by atoms with Gasteiger partial charge in [-0.1, -0.05) is 6.07 Å². The molecule has 2 N–H and O–H groups in total. The number of fused-ring (bicyclic) bond motifs is 1. The van der Waals surface area contributed by atoms with Crippen LogP contribution in [0.2, 0.25) is 0 Å². The van der Waals surface area contributed by atoms with Crippen LogP contribution in [0.5, 0.6) is 0 Å². The number of hydrogen-bond acceptors (Lipinski definition) is 5. The quantitative estimate of drug-likeness (QED) is 0.685. The molecule has 0 bridgehead atoms. The normalized spacial score (nSPS) is 12.4. The van der Waals surface area contributed by atoms with Gasteiger partial charge in [0, 0.05) is 11.3 Å². The fourth-order valence-electron chi connectivity index (χ4n) is 2.60. The van der Waals surface area contributed by atoms with E-state index in [0.29, 0.717) is 16.8 Å². The predicted octanol–water partition coefficient (Wildman–Crippen LogP) is 4.50. The van der Waals surface area contributed by atoms with Crippen LogP contribution in [-0.4, -0.2) is 21.0 Å². The Labute approximate surface area is 156 Å². The molecule has 2 heterocycles. The number of aliphatic hydroxyl groups is 1. The highest BCUT2D eigenvalue weighted by Crippen LogP contribution is 2.34. The summed E-state index contributed by atoms with van der Waals surface area (Å²) < 4.78 is 39.3. The van der Waals surface area contributed by atoms with Crippen molar-refractivity contribution in [2.45, 2.75) is 32.5 Å². The van der Waals surface area contributed by atoms with Crippen LogP contribution >= 0.6 is 11.3 Å². The minimum atomic E-state index is -4.65. The first-order valence-electron chi connectivity index (χ1n) is 7.95. The molecule has 0 aliphatic carbocycles. The molecule has 5 nitrogen and oxygen atoms in total. The van der Waals surface area contributed by atoms with E-state index in [1.807, 2.05) is 6.92 Å². The number of hydrogen-bond donors (Lipinski definition) is 2. The number of benzene rings is 1. The number of anilines is 1. The van der Waals surface area contributed by atoms with E-state index < -0.39 is 23.4 Å². The number of halogens is 3. The number of nitrogens with zero attached hydrogens (tertiary/aromatic N) is 2. The summed E-state index contributed by atoms with van der Waals surface area (Å²) in [5, 5.41) is 13.8. The molecule has 9 heteroatoms. The van der Waals surface area contributed by atoms with Gasteiger partial charge in [0.2, 0.25) is 0 Å². The Morgan fingerprint density at radius 3 is 2.52 bits per heavy atom. The van der Waals surface area contributed by atoms with Crippen molar-refractivity contribution in [3.8, 4) is 0 Å². The number of thiazole rings is 1. The van der Waals surface area contributed by atoms with Crippen molar-refractivity contribution in [3.63, 3.8) is 0 Å². The number of aromatic nitrogens is 2. The molecule has 1 aromatic carbocycles. The molecule has 0 aliphatic heterocycles. The average Bonchev–Trinajstić information content (AvgIpc) is 2.91. The minimum absolute atomic E-state index is 0.294. The molecule has 0 saturated carbocycles. The van der Waals surface area contributed by atoms with E-state index in [9.17, 15) is 23.1 Å². The number of rotatable bonds is 3. The molecule has 0 aliphatic rings. The van der Waals surface area contributed by atoms with Crippen molar-refractivity contribution in [1.29, 1.82) is 0 Å². The lowest BCUT2D eigenvalue weighted by atomic mass is 9.96. The van der Waals surface area contributed by atoms with Gasteiger partial charge in [-0.2, -0.15) is 13.2 Å². The Morgan fingerprint density at radius 2 is 1.89 bits per heavy atom. The van der Waals surface area contributed by atoms with E-state index in [1.165, 1.54) is 17.4 Å². The van der Waals surface area contributed by atoms with Gasteiger partial charge >= 0.3 is 6.18 Å². The summed E-state index contributed by atoms with van der Waals surface area (Å²) in [5.41, 5.74) is -1.44. The van der Waals surface area contributed by atoms with Crippen molar-refractivity contribution in [1.82, 2.24) is 9.97 Å². The van der Waals surface area contributed by atoms with Gasteiger partial charge in [-0.15, -0.1) is 11.3 Å². The largest absolute Gasteiger partial charge is 0.433 e. The lowest BCUT2D eigenvalue weighted by Crippen LogP contribution is -2.22. The highest BCUT2D eigenvalue weighted by atomic mass is 32.1. The van der Waals surface area contributed by atoms with E-state index in [-0.39, 0.29) is 5.69 Å². The van der Waals surface area contributed by atoms with Gasteiger partial charge in [0.15, 0.2) is 0 Å². The molecule has 0 saturated heterocycles. The molecule has 0 atom stereocenters. The molecule has 0 spiro atoms. The Balaban J connectivity index is 2.02. The van der Waals surface area contributed by atoms with Crippen LogP contribution in [0.15, 0.2) is 30.3 Å². The van der Waals surface area contributed by atoms with Crippen LogP contribution in [0.4, 0.5) is 18.9 Å². The van der Waals surface area contributed by atoms with Crippen molar-refractivity contribution >= 4 is 33.1 Å². The highest BCUT2D eigenvalue weighted by Gasteiger charge is 2.33. The monoisotopic (exact) mass is 395 g/mol. The van der Waals surface area contributed by atoms with Crippen molar-refractivity contribution in [2.24, 2.45) is 0 Å². The molecule has 0 fully saturated rings. The molecule has 3 rings (SSSR count). The zero-order chi connectivity index (χ0) is 20.0. The van der Waals surface area contributed by atoms with Crippen LogP contribution in [0.3, 0.4) is 0 Å². The molecule has 0 radical (unpaired) electrons. The third-order valence-electron chi connectivity index (χ3n) is 3.81. The highest BCUT2D eigenvalue weighted by molar-refractivity contribution is 7.18. The van der Waals surface area contributed by atoms with E-state index in [4.69, 9.17) is 0 Å². The maximum atomic E-state index is 12.8. The third-order valence-corrected chi connectivity index (χ3v) is 4.75. The summed E-state index contributed by atoms with van der Waals surface area (Å²) in [6, 6.07) is 6.43. The SMILES string of the molecule is Cc1nc2cc(C(C)(C)O)c(NC(=O)c3cccc(C(F)(F)F)n3)cc2s1. The average molecular weight is 395 g/mol. The Hall–Kier alpha value is -2.52. The molecule has 3 aromatic rings. The summed E-state index contributed by atoms with van der Waals surface area (Å²) in [4.78, 5) is 20.2. The molecule has 0 unspecified atom stereocenters. The minimum Gasteiger partial charge on any atom is -0.386 e. The van der Waals surface area contributed by atoms with E-state index in [2.05, 4.69) is 15.3 Å². The van der Waals surface area contributed by atoms with Crippen molar-refractivity contribution < 1.29 is 23.1 Å². The van der Waals surface area contributed by atoms with Gasteiger partial charge in [-0.3, -0.25) is 4.79 Å². The van der Waals surface area contributed by atoms with Crippen LogP contribution in [-0.2, 0) is 11.8 Å². The van der Waals surface area contributed by atoms with Crippen LogP contribution in [0.25, 0.3) is 10.2 Å². The Bertz CT molecular complexity index is 1020. The number of carbonyl (C=O) groups is 1. The molecule has 142 valence electrons. The first-order valence-corrected chi connectivity index (χ1v) is 8.76. The molecule has 2 aromatic heterocycles. The fourth-order valence-corrected chi connectivity index (χ4v) is 3.45. The summed E-state index contributed by atoms with van der Waals surface area (Å²) in [6.07, 6.45) is -4.65. The predicted molar refractivity (Wildman–Crippen MR) is 96.8 cm³/mol. The third kappa shape index (κ3) is 4.09. The zero-order valence-electron chi connectivity index (χ0n) is 14.7. The zero-order valence-corrected chi connectivity index (χ0v) is 15.5. The molecule has 1 amide bonds. The smallest absolute Gasteiger partial charge is 0.386 e. The molecular weight excluding hydrogens is 379 g/mol. The van der Waals surface area contributed by atoms with Gasteiger partial charge < -0.3 is 10.4 Å². The van der Waals surface area contributed by atoms with E-state index >= 15 is 0 Å². The number of amides is 1. The fraction of sp³-hybridized carbons (Fsp3) is 0.278. The molecular formula is C18H16F3N3O2S. The lowest BCUT2D eigenvalue weighted by molar-refractivity contribution is -0.141. The molecule has 27 heavy (non-hydrogen) atoms. The van der Waals surface area contributed by atoms with E-state index in [0.717, 1.165) is 21.8 Å². The lowest BCUT2D eigenvalue weighted by Gasteiger charge is -2.22. The van der Waals surface area contributed by atoms with E-state index in [1.54, 1.807) is 26.0 Å². The second kappa shape index (κ2) is 6.58. The number of carbonyl (C=O) groups excluding carboxylic acids is 1. The first-order chi connectivity index (χ1) is 12.4. The van der Waals surface area contributed by atoms with Gasteiger partial charge in [-0.05, 0) is 45.0 Å². The van der Waals surface area contributed by atoms with Crippen LogP contribution in [0.1, 0.15) is 40.6 Å².